The van der Waals surface area contributed by atoms with Crippen LogP contribution >= 0.6 is 0 Å². The number of imide groups is 1. The quantitative estimate of drug-likeness (QED) is 0.745. The predicted molar refractivity (Wildman–Crippen MR) is 114 cm³/mol. The first-order valence-corrected chi connectivity index (χ1v) is 9.35. The lowest BCUT2D eigenvalue weighted by atomic mass is 10.1. The van der Waals surface area contributed by atoms with Crippen molar-refractivity contribution in [2.75, 3.05) is 26.6 Å². The van der Waals surface area contributed by atoms with Crippen LogP contribution in [0.5, 0.6) is 11.5 Å². The van der Waals surface area contributed by atoms with Gasteiger partial charge in [0, 0.05) is 12.2 Å². The third-order valence-electron chi connectivity index (χ3n) is 4.79. The Bertz CT molecular complexity index is 882. The molecule has 2 N–H and O–H groups in total. The van der Waals surface area contributed by atoms with Crippen LogP contribution in [-0.2, 0) is 11.3 Å². The molecule has 2 aromatic carbocycles. The number of rotatable bonds is 7. The fourth-order valence-corrected chi connectivity index (χ4v) is 2.93. The van der Waals surface area contributed by atoms with E-state index in [1.165, 1.54) is 0 Å². The van der Waals surface area contributed by atoms with Crippen LogP contribution in [0.2, 0.25) is 0 Å². The summed E-state index contributed by atoms with van der Waals surface area (Å²) in [5, 5.41) is 5.12. The maximum Gasteiger partial charge on any atom is 0.325 e. The molecule has 0 heterocycles. The molecule has 7 nitrogen and oxygen atoms in total. The lowest BCUT2D eigenvalue weighted by molar-refractivity contribution is -0.124. The average Bonchev–Trinajstić information content (AvgIpc) is 2.69. The summed E-state index contributed by atoms with van der Waals surface area (Å²) in [6.07, 6.45) is 0. The van der Waals surface area contributed by atoms with E-state index in [4.69, 9.17) is 9.47 Å². The van der Waals surface area contributed by atoms with Gasteiger partial charge in [0.15, 0.2) is 11.5 Å². The van der Waals surface area contributed by atoms with E-state index >= 15 is 0 Å². The van der Waals surface area contributed by atoms with Gasteiger partial charge in [-0.25, -0.2) is 4.79 Å². The molecule has 7 heteroatoms. The average molecular weight is 399 g/mol. The number of carbonyl (C=O) groups is 2. The number of likely N-dealkylation sites (N-methyl/N-ethyl adjacent to an activating group) is 1. The Morgan fingerprint density at radius 2 is 1.72 bits per heavy atom. The molecular formula is C22H29N3O4. The van der Waals surface area contributed by atoms with Crippen molar-refractivity contribution in [1.82, 2.24) is 10.2 Å². The van der Waals surface area contributed by atoms with Crippen LogP contribution in [0.25, 0.3) is 0 Å². The Labute approximate surface area is 172 Å². The number of hydrogen-bond acceptors (Lipinski definition) is 5. The highest BCUT2D eigenvalue weighted by Crippen LogP contribution is 2.28. The van der Waals surface area contributed by atoms with E-state index in [2.05, 4.69) is 10.6 Å². The third kappa shape index (κ3) is 5.96. The molecule has 2 rings (SSSR count). The van der Waals surface area contributed by atoms with E-state index in [0.29, 0.717) is 23.7 Å². The van der Waals surface area contributed by atoms with Gasteiger partial charge in [0.25, 0.3) is 0 Å². The van der Waals surface area contributed by atoms with Crippen molar-refractivity contribution in [3.05, 3.63) is 53.1 Å². The summed E-state index contributed by atoms with van der Waals surface area (Å²) in [4.78, 5) is 26.5. The lowest BCUT2D eigenvalue weighted by Gasteiger charge is -2.24. The van der Waals surface area contributed by atoms with E-state index in [1.807, 2.05) is 62.2 Å². The SMILES string of the molecule is COc1ccc(CN(C)C(C)C(=O)NC(=O)Nc2ccc(C)cc2C)cc1OC. The van der Waals surface area contributed by atoms with E-state index in [1.54, 1.807) is 21.1 Å². The molecule has 1 atom stereocenters. The molecule has 0 radical (unpaired) electrons. The lowest BCUT2D eigenvalue weighted by Crippen LogP contribution is -2.46. The Morgan fingerprint density at radius 1 is 1.03 bits per heavy atom. The van der Waals surface area contributed by atoms with Gasteiger partial charge in [-0.15, -0.1) is 0 Å². The first-order valence-electron chi connectivity index (χ1n) is 9.35. The number of carbonyl (C=O) groups excluding carboxylic acids is 2. The largest absolute Gasteiger partial charge is 0.493 e. The Balaban J connectivity index is 1.95. The van der Waals surface area contributed by atoms with Crippen LogP contribution in [-0.4, -0.2) is 44.1 Å². The van der Waals surface area contributed by atoms with E-state index in [9.17, 15) is 9.59 Å². The van der Waals surface area contributed by atoms with E-state index < -0.39 is 12.1 Å². The summed E-state index contributed by atoms with van der Waals surface area (Å²) >= 11 is 0. The van der Waals surface area contributed by atoms with Gasteiger partial charge in [-0.05, 0) is 57.1 Å². The number of ether oxygens (including phenoxy) is 2. The highest BCUT2D eigenvalue weighted by atomic mass is 16.5. The van der Waals surface area contributed by atoms with Crippen LogP contribution in [0.1, 0.15) is 23.6 Å². The fraction of sp³-hybridized carbons (Fsp3) is 0.364. The van der Waals surface area contributed by atoms with Crippen LogP contribution in [0.4, 0.5) is 10.5 Å². The summed E-state index contributed by atoms with van der Waals surface area (Å²) in [6.45, 7) is 6.15. The zero-order valence-corrected chi connectivity index (χ0v) is 17.8. The van der Waals surface area contributed by atoms with Gasteiger partial charge < -0.3 is 14.8 Å². The number of urea groups is 1. The van der Waals surface area contributed by atoms with Crippen molar-refractivity contribution in [2.24, 2.45) is 0 Å². The first-order chi connectivity index (χ1) is 13.7. The van der Waals surface area contributed by atoms with Gasteiger partial charge in [0.05, 0.1) is 20.3 Å². The molecule has 0 spiro atoms. The van der Waals surface area contributed by atoms with Crippen molar-refractivity contribution in [3.63, 3.8) is 0 Å². The topological polar surface area (TPSA) is 79.9 Å². The number of methoxy groups -OCH3 is 2. The van der Waals surface area contributed by atoms with Gasteiger partial charge in [0.1, 0.15) is 0 Å². The fourth-order valence-electron chi connectivity index (χ4n) is 2.93. The van der Waals surface area contributed by atoms with Gasteiger partial charge in [-0.3, -0.25) is 15.0 Å². The molecule has 0 aliphatic rings. The normalized spacial score (nSPS) is 11.7. The maximum atomic E-state index is 12.5. The van der Waals surface area contributed by atoms with Gasteiger partial charge in [-0.2, -0.15) is 0 Å². The Kier molecular flexibility index (Phi) is 7.61. The molecule has 0 fully saturated rings. The van der Waals surface area contributed by atoms with Gasteiger partial charge in [0.2, 0.25) is 5.91 Å². The first kappa shape index (κ1) is 22.2. The number of amides is 3. The molecule has 0 bridgehead atoms. The van der Waals surface area contributed by atoms with Crippen LogP contribution < -0.4 is 20.1 Å². The van der Waals surface area contributed by atoms with Crippen molar-refractivity contribution in [2.45, 2.75) is 33.4 Å². The molecule has 3 amide bonds. The highest BCUT2D eigenvalue weighted by Gasteiger charge is 2.21. The number of aryl methyl sites for hydroxylation is 2. The van der Waals surface area contributed by atoms with Crippen molar-refractivity contribution >= 4 is 17.6 Å². The van der Waals surface area contributed by atoms with E-state index in [-0.39, 0.29) is 5.91 Å². The number of hydrogen-bond donors (Lipinski definition) is 2. The minimum Gasteiger partial charge on any atom is -0.493 e. The summed E-state index contributed by atoms with van der Waals surface area (Å²) in [7, 11) is 4.98. The molecule has 29 heavy (non-hydrogen) atoms. The molecule has 156 valence electrons. The molecule has 1 unspecified atom stereocenters. The highest BCUT2D eigenvalue weighted by molar-refractivity contribution is 6.03. The minimum absolute atomic E-state index is 0.379. The summed E-state index contributed by atoms with van der Waals surface area (Å²) in [5.41, 5.74) is 3.68. The number of benzene rings is 2. The maximum absolute atomic E-state index is 12.5. The van der Waals surface area contributed by atoms with Crippen molar-refractivity contribution in [3.8, 4) is 11.5 Å². The van der Waals surface area contributed by atoms with Gasteiger partial charge in [-0.1, -0.05) is 23.8 Å². The van der Waals surface area contributed by atoms with Crippen LogP contribution in [0.15, 0.2) is 36.4 Å². The molecule has 0 aromatic heterocycles. The van der Waals surface area contributed by atoms with Crippen LogP contribution in [0, 0.1) is 13.8 Å². The van der Waals surface area contributed by atoms with Crippen molar-refractivity contribution in [1.29, 1.82) is 0 Å². The second-order valence-corrected chi connectivity index (χ2v) is 7.04. The minimum atomic E-state index is -0.548. The molecular weight excluding hydrogens is 370 g/mol. The molecule has 2 aromatic rings. The Hall–Kier alpha value is -3.06. The number of nitrogens with one attached hydrogen (secondary N) is 2. The van der Waals surface area contributed by atoms with Crippen LogP contribution in [0.3, 0.4) is 0 Å². The molecule has 0 saturated heterocycles. The monoisotopic (exact) mass is 399 g/mol. The molecule has 0 aliphatic carbocycles. The molecule has 0 aliphatic heterocycles. The third-order valence-corrected chi connectivity index (χ3v) is 4.79. The predicted octanol–water partition coefficient (Wildman–Crippen LogP) is 3.49. The second kappa shape index (κ2) is 9.93. The second-order valence-electron chi connectivity index (χ2n) is 7.04. The Morgan fingerprint density at radius 3 is 2.34 bits per heavy atom. The smallest absolute Gasteiger partial charge is 0.325 e. The zero-order valence-electron chi connectivity index (χ0n) is 17.8. The van der Waals surface area contributed by atoms with E-state index in [0.717, 1.165) is 16.7 Å². The molecule has 0 saturated carbocycles. The summed E-state index contributed by atoms with van der Waals surface area (Å²) in [5.74, 6) is 0.895. The zero-order chi connectivity index (χ0) is 21.6. The van der Waals surface area contributed by atoms with Gasteiger partial charge >= 0.3 is 6.03 Å². The van der Waals surface area contributed by atoms with Crippen molar-refractivity contribution < 1.29 is 19.1 Å². The number of anilines is 1. The summed E-state index contributed by atoms with van der Waals surface area (Å²) in [6, 6.07) is 10.2. The number of nitrogens with zero attached hydrogens (tertiary/aromatic N) is 1. The standard InChI is InChI=1S/C22H29N3O4/c1-14-7-9-18(15(2)11-14)23-22(27)24-21(26)16(3)25(4)13-17-8-10-19(28-5)20(12-17)29-6/h7-12,16H,13H2,1-6H3,(H2,23,24,26,27). The summed E-state index contributed by atoms with van der Waals surface area (Å²) < 4.78 is 10.6.